The Bertz CT molecular complexity index is 5170. The van der Waals surface area contributed by atoms with Crippen LogP contribution >= 0.6 is 0 Å². The Morgan fingerprint density at radius 1 is 0.220 bits per heavy atom. The maximum absolute atomic E-state index is 7.16. The van der Waals surface area contributed by atoms with Crippen molar-refractivity contribution in [3.8, 4) is 66.8 Å². The predicted molar refractivity (Wildman–Crippen MR) is 337 cm³/mol. The van der Waals surface area contributed by atoms with Crippen LogP contribution in [-0.2, 0) is 21.7 Å². The van der Waals surface area contributed by atoms with Crippen LogP contribution in [0.1, 0.15) is 99.9 Å². The minimum Gasteiger partial charge on any atom is -0.456 e. The Hall–Kier alpha value is -9.38. The predicted octanol–water partition coefficient (Wildman–Crippen LogP) is 21.8. The topological polar surface area (TPSA) is 52.6 Å². The fourth-order valence-electron chi connectivity index (χ4n) is 16.4. The van der Waals surface area contributed by atoms with Crippen LogP contribution < -0.4 is 0 Å². The molecule has 0 radical (unpaired) electrons. The molecule has 0 saturated carbocycles. The van der Waals surface area contributed by atoms with E-state index in [4.69, 9.17) is 17.7 Å². The molecule has 4 nitrogen and oxygen atoms in total. The highest BCUT2D eigenvalue weighted by molar-refractivity contribution is 6.32. The summed E-state index contributed by atoms with van der Waals surface area (Å²) >= 11 is 0. The fraction of sp³-hybridized carbons (Fsp3) is 0.154. The first kappa shape index (κ1) is 45.4. The SMILES string of the molecule is CC1(C)c2ccccc2-c2cc3c(cc21)-c1ccc(-c2cc4oc5cc6c(cc5c4c4c2oc2ccccc24)oc2cc(-c4ccc5c(c4)C(C)(C)c4cc7c(cc4-5)C(C)(C)c4ccccc4-7)c4oc5ccccc5c4c26)cc1C3(C)C. The van der Waals surface area contributed by atoms with Gasteiger partial charge in [0.15, 0.2) is 0 Å². The molecule has 0 atom stereocenters. The van der Waals surface area contributed by atoms with E-state index in [1.54, 1.807) is 0 Å². The molecule has 11 aromatic carbocycles. The molecule has 0 unspecified atom stereocenters. The summed E-state index contributed by atoms with van der Waals surface area (Å²) < 4.78 is 28.3. The number of hydrogen-bond acceptors (Lipinski definition) is 4. The van der Waals surface area contributed by atoms with Gasteiger partial charge < -0.3 is 17.7 Å². The number of furan rings is 4. The molecule has 4 heteroatoms. The molecule has 4 heterocycles. The van der Waals surface area contributed by atoms with Gasteiger partial charge in [0.05, 0.1) is 0 Å². The van der Waals surface area contributed by atoms with Crippen molar-refractivity contribution in [1.29, 1.82) is 0 Å². The molecule has 0 bridgehead atoms. The number of rotatable bonds is 2. The summed E-state index contributed by atoms with van der Waals surface area (Å²) in [6.45, 7) is 19.0. The van der Waals surface area contributed by atoms with Crippen LogP contribution in [-0.4, -0.2) is 0 Å². The summed E-state index contributed by atoms with van der Waals surface area (Å²) in [6, 6.07) is 67.6. The minimum absolute atomic E-state index is 0.0783. The largest absolute Gasteiger partial charge is 0.456 e. The molecule has 4 aromatic heterocycles. The Morgan fingerprint density at radius 3 is 0.976 bits per heavy atom. The Balaban J connectivity index is 0.780. The lowest BCUT2D eigenvalue weighted by Gasteiger charge is -2.24. The van der Waals surface area contributed by atoms with E-state index in [2.05, 4.69) is 237 Å². The molecule has 0 aliphatic heterocycles. The third-order valence-electron chi connectivity index (χ3n) is 20.7. The third kappa shape index (κ3) is 5.36. The standard InChI is InChI=1S/C78H54O4/c1-75(2)55-21-13-9-17-41(55)49-31-61-51(33-59(49)75)43-27-25-39(29-57(43)77(61,5)6)47-35-67-69(71-45-19-11-15-23-63(45)81-73(47)71)53-37-66-54(38-65(53)79-67)70-68(80-66)36-48(74-72(70)46-20-12-16-24-64(46)82-74)40-26-28-44-52-34-60-50(32-62(52)78(7,8)58(44)30-40)42-18-10-14-22-56(42)76(60,3)4/h9-38H,1-8H3. The van der Waals surface area contributed by atoms with Crippen LogP contribution in [0.3, 0.4) is 0 Å². The van der Waals surface area contributed by atoms with Gasteiger partial charge in [0, 0.05) is 75.9 Å². The number of para-hydroxylation sites is 2. The second-order valence-electron chi connectivity index (χ2n) is 26.2. The Kier molecular flexibility index (Phi) is 8.05. The zero-order valence-electron chi connectivity index (χ0n) is 47.0. The molecular weight excluding hydrogens is 1000 g/mol. The fourth-order valence-corrected chi connectivity index (χ4v) is 16.4. The minimum atomic E-state index is -0.228. The van der Waals surface area contributed by atoms with Crippen molar-refractivity contribution >= 4 is 87.8 Å². The average Bonchev–Trinajstić information content (AvgIpc) is 3.66. The van der Waals surface area contributed by atoms with Gasteiger partial charge in [-0.15, -0.1) is 0 Å². The highest BCUT2D eigenvalue weighted by Crippen LogP contribution is 2.60. The Morgan fingerprint density at radius 2 is 0.561 bits per heavy atom. The van der Waals surface area contributed by atoms with Crippen molar-refractivity contribution in [2.75, 3.05) is 0 Å². The summed E-state index contributed by atoms with van der Waals surface area (Å²) in [5, 5.41) is 8.21. The van der Waals surface area contributed by atoms with Crippen LogP contribution in [0.2, 0.25) is 0 Å². The van der Waals surface area contributed by atoms with Crippen molar-refractivity contribution in [3.63, 3.8) is 0 Å². The average molecular weight is 1060 g/mol. The molecule has 0 amide bonds. The third-order valence-corrected chi connectivity index (χ3v) is 20.7. The van der Waals surface area contributed by atoms with E-state index in [0.717, 1.165) is 110 Å². The Labute approximate surface area is 473 Å². The van der Waals surface area contributed by atoms with E-state index in [-0.39, 0.29) is 21.7 Å². The maximum atomic E-state index is 7.16. The molecular formula is C78H54O4. The second-order valence-corrected chi connectivity index (χ2v) is 26.2. The number of benzene rings is 11. The van der Waals surface area contributed by atoms with Crippen molar-refractivity contribution in [1.82, 2.24) is 0 Å². The number of hydrogen-bond donors (Lipinski definition) is 0. The van der Waals surface area contributed by atoms with E-state index in [0.29, 0.717) is 0 Å². The van der Waals surface area contributed by atoms with Gasteiger partial charge in [-0.25, -0.2) is 0 Å². The first-order valence-corrected chi connectivity index (χ1v) is 29.0. The highest BCUT2D eigenvalue weighted by Gasteiger charge is 2.44. The van der Waals surface area contributed by atoms with Gasteiger partial charge in [0.25, 0.3) is 0 Å². The van der Waals surface area contributed by atoms with E-state index < -0.39 is 0 Å². The van der Waals surface area contributed by atoms with Gasteiger partial charge in [-0.3, -0.25) is 0 Å². The van der Waals surface area contributed by atoms with Crippen LogP contribution in [0, 0.1) is 0 Å². The van der Waals surface area contributed by atoms with Crippen molar-refractivity contribution in [2.24, 2.45) is 0 Å². The summed E-state index contributed by atoms with van der Waals surface area (Å²) in [5.74, 6) is 0. The van der Waals surface area contributed by atoms with Crippen LogP contribution in [0.15, 0.2) is 200 Å². The van der Waals surface area contributed by atoms with Gasteiger partial charge >= 0.3 is 0 Å². The lowest BCUT2D eigenvalue weighted by atomic mass is 9.79. The number of fused-ring (bicyclic) bond motifs is 26. The molecule has 0 N–H and O–H groups in total. The molecule has 15 aromatic rings. The summed E-state index contributed by atoms with van der Waals surface area (Å²) in [7, 11) is 0. The maximum Gasteiger partial charge on any atom is 0.144 e. The van der Waals surface area contributed by atoms with E-state index >= 15 is 0 Å². The monoisotopic (exact) mass is 1050 g/mol. The zero-order chi connectivity index (χ0) is 54.8. The van der Waals surface area contributed by atoms with Gasteiger partial charge in [-0.05, 0) is 173 Å². The highest BCUT2D eigenvalue weighted by atomic mass is 16.3. The zero-order valence-corrected chi connectivity index (χ0v) is 47.0. The lowest BCUT2D eigenvalue weighted by Crippen LogP contribution is -2.17. The van der Waals surface area contributed by atoms with Crippen LogP contribution in [0.25, 0.3) is 155 Å². The van der Waals surface area contributed by atoms with Gasteiger partial charge in [0.1, 0.15) is 44.7 Å². The van der Waals surface area contributed by atoms with Crippen LogP contribution in [0.5, 0.6) is 0 Å². The van der Waals surface area contributed by atoms with E-state index in [9.17, 15) is 0 Å². The van der Waals surface area contributed by atoms with E-state index in [1.807, 2.05) is 0 Å². The van der Waals surface area contributed by atoms with Crippen molar-refractivity contribution in [2.45, 2.75) is 77.0 Å². The molecule has 19 rings (SSSR count). The van der Waals surface area contributed by atoms with Gasteiger partial charge in [0.2, 0.25) is 0 Å². The van der Waals surface area contributed by atoms with E-state index in [1.165, 1.54) is 89.0 Å². The molecule has 82 heavy (non-hydrogen) atoms. The first-order chi connectivity index (χ1) is 39.6. The smallest absolute Gasteiger partial charge is 0.144 e. The summed E-state index contributed by atoms with van der Waals surface area (Å²) in [4.78, 5) is 0. The summed E-state index contributed by atoms with van der Waals surface area (Å²) in [6.07, 6.45) is 0. The normalized spacial score (nSPS) is 16.2. The van der Waals surface area contributed by atoms with Gasteiger partial charge in [-0.2, -0.15) is 0 Å². The molecule has 4 aliphatic carbocycles. The van der Waals surface area contributed by atoms with Crippen molar-refractivity contribution < 1.29 is 17.7 Å². The lowest BCUT2D eigenvalue weighted by molar-refractivity contribution is 0.652. The van der Waals surface area contributed by atoms with Crippen LogP contribution in [0.4, 0.5) is 0 Å². The molecule has 390 valence electrons. The quantitative estimate of drug-likeness (QED) is 0.173. The second kappa shape index (κ2) is 14.6. The molecule has 0 spiro atoms. The first-order valence-electron chi connectivity index (χ1n) is 29.0. The molecule has 4 aliphatic rings. The molecule has 0 fully saturated rings. The van der Waals surface area contributed by atoms with Gasteiger partial charge in [-0.1, -0.05) is 165 Å². The van der Waals surface area contributed by atoms with Crippen molar-refractivity contribution in [3.05, 3.63) is 226 Å². The molecule has 0 saturated heterocycles. The summed E-state index contributed by atoms with van der Waals surface area (Å²) in [5.41, 5.74) is 31.9.